The van der Waals surface area contributed by atoms with Gasteiger partial charge < -0.3 is 10.3 Å². The third kappa shape index (κ3) is 1.61. The van der Waals surface area contributed by atoms with Crippen LogP contribution in [0, 0.1) is 24.7 Å². The monoisotopic (exact) mass is 271 g/mol. The lowest BCUT2D eigenvalue weighted by Gasteiger charge is -2.56. The van der Waals surface area contributed by atoms with Crippen molar-refractivity contribution in [1.29, 1.82) is 0 Å². The van der Waals surface area contributed by atoms with Crippen molar-refractivity contribution in [3.05, 3.63) is 24.2 Å². The number of rotatable bonds is 3. The van der Waals surface area contributed by atoms with Gasteiger partial charge in [0.15, 0.2) is 0 Å². The second kappa shape index (κ2) is 4.12. The van der Waals surface area contributed by atoms with Gasteiger partial charge in [-0.3, -0.25) is 0 Å². The van der Waals surface area contributed by atoms with Crippen LogP contribution >= 0.6 is 0 Å². The van der Waals surface area contributed by atoms with Crippen molar-refractivity contribution in [3.8, 4) is 0 Å². The molecule has 3 heteroatoms. The number of nitrogens with two attached hydrogens (primary N) is 1. The SMILES string of the molecule is C=CCn1c(C23CC4CC(CC(C4)C2)C3)nc(C)c1N. The molecule has 0 saturated heterocycles. The summed E-state index contributed by atoms with van der Waals surface area (Å²) < 4.78 is 2.23. The molecule has 4 fully saturated rings. The van der Waals surface area contributed by atoms with E-state index in [1.807, 2.05) is 13.0 Å². The Bertz CT molecular complexity index is 520. The highest BCUT2D eigenvalue weighted by atomic mass is 15.2. The van der Waals surface area contributed by atoms with Gasteiger partial charge in [-0.2, -0.15) is 0 Å². The normalized spacial score (nSPS) is 38.4. The molecule has 1 aromatic rings. The molecule has 4 saturated carbocycles. The number of anilines is 1. The van der Waals surface area contributed by atoms with Crippen LogP contribution in [-0.2, 0) is 12.0 Å². The van der Waals surface area contributed by atoms with Crippen LogP contribution < -0.4 is 5.73 Å². The molecule has 3 nitrogen and oxygen atoms in total. The van der Waals surface area contributed by atoms with E-state index in [2.05, 4.69) is 11.1 Å². The molecule has 4 bridgehead atoms. The van der Waals surface area contributed by atoms with E-state index >= 15 is 0 Å². The van der Waals surface area contributed by atoms with E-state index in [0.29, 0.717) is 5.41 Å². The maximum Gasteiger partial charge on any atom is 0.126 e. The van der Waals surface area contributed by atoms with E-state index in [0.717, 1.165) is 35.8 Å². The first-order valence-electron chi connectivity index (χ1n) is 8.05. The van der Waals surface area contributed by atoms with Gasteiger partial charge in [-0.1, -0.05) is 6.08 Å². The average Bonchev–Trinajstić information content (AvgIpc) is 2.67. The maximum absolute atomic E-state index is 6.26. The lowest BCUT2D eigenvalue weighted by molar-refractivity contribution is -0.0107. The minimum atomic E-state index is 0.320. The van der Waals surface area contributed by atoms with Crippen LogP contribution in [0.4, 0.5) is 5.82 Å². The van der Waals surface area contributed by atoms with E-state index in [-0.39, 0.29) is 0 Å². The van der Waals surface area contributed by atoms with E-state index in [4.69, 9.17) is 10.7 Å². The van der Waals surface area contributed by atoms with Crippen LogP contribution in [0.2, 0.25) is 0 Å². The van der Waals surface area contributed by atoms with Crippen molar-refractivity contribution in [2.24, 2.45) is 17.8 Å². The molecule has 2 N–H and O–H groups in total. The van der Waals surface area contributed by atoms with Crippen LogP contribution in [0.25, 0.3) is 0 Å². The first-order valence-corrected chi connectivity index (χ1v) is 8.05. The average molecular weight is 271 g/mol. The molecule has 0 atom stereocenters. The van der Waals surface area contributed by atoms with Gasteiger partial charge in [-0.05, 0) is 63.2 Å². The fourth-order valence-corrected chi connectivity index (χ4v) is 5.69. The summed E-state index contributed by atoms with van der Waals surface area (Å²) in [5.74, 6) is 4.94. The summed E-state index contributed by atoms with van der Waals surface area (Å²) in [6.45, 7) is 6.73. The second-order valence-electron chi connectivity index (χ2n) is 7.50. The highest BCUT2D eigenvalue weighted by Crippen LogP contribution is 2.60. The van der Waals surface area contributed by atoms with Crippen molar-refractivity contribution in [2.75, 3.05) is 5.73 Å². The summed E-state index contributed by atoms with van der Waals surface area (Å²) >= 11 is 0. The van der Waals surface area contributed by atoms with E-state index in [9.17, 15) is 0 Å². The van der Waals surface area contributed by atoms with Crippen LogP contribution in [0.3, 0.4) is 0 Å². The number of hydrogen-bond donors (Lipinski definition) is 1. The van der Waals surface area contributed by atoms with Crippen molar-refractivity contribution in [1.82, 2.24) is 9.55 Å². The quantitative estimate of drug-likeness (QED) is 0.856. The van der Waals surface area contributed by atoms with Crippen LogP contribution in [0.1, 0.15) is 50.0 Å². The molecule has 0 aliphatic heterocycles. The van der Waals surface area contributed by atoms with Crippen molar-refractivity contribution in [2.45, 2.75) is 57.4 Å². The molecule has 1 aromatic heterocycles. The number of imidazole rings is 1. The van der Waals surface area contributed by atoms with Gasteiger partial charge in [0.05, 0.1) is 5.69 Å². The number of allylic oxidation sites excluding steroid dienone is 1. The zero-order chi connectivity index (χ0) is 13.9. The second-order valence-corrected chi connectivity index (χ2v) is 7.50. The molecular weight excluding hydrogens is 246 g/mol. The van der Waals surface area contributed by atoms with Gasteiger partial charge in [-0.15, -0.1) is 6.58 Å². The van der Waals surface area contributed by atoms with E-state index in [1.54, 1.807) is 0 Å². The topological polar surface area (TPSA) is 43.8 Å². The van der Waals surface area contributed by atoms with Gasteiger partial charge in [0.1, 0.15) is 11.6 Å². The van der Waals surface area contributed by atoms with Crippen molar-refractivity contribution >= 4 is 5.82 Å². The number of hydrogen-bond acceptors (Lipinski definition) is 2. The molecule has 20 heavy (non-hydrogen) atoms. The van der Waals surface area contributed by atoms with Gasteiger partial charge in [-0.25, -0.2) is 4.98 Å². The third-order valence-corrected chi connectivity index (χ3v) is 6.02. The van der Waals surface area contributed by atoms with E-state index < -0.39 is 0 Å². The van der Waals surface area contributed by atoms with Crippen LogP contribution in [0.5, 0.6) is 0 Å². The summed E-state index contributed by atoms with van der Waals surface area (Å²) in [5.41, 5.74) is 7.58. The van der Waals surface area contributed by atoms with Crippen LogP contribution in [0.15, 0.2) is 12.7 Å². The Labute approximate surface area is 121 Å². The summed E-state index contributed by atoms with van der Waals surface area (Å²) in [4.78, 5) is 4.91. The third-order valence-electron chi connectivity index (χ3n) is 6.02. The highest BCUT2D eigenvalue weighted by Gasteiger charge is 2.53. The predicted octanol–water partition coefficient (Wildman–Crippen LogP) is 3.43. The lowest BCUT2D eigenvalue weighted by atomic mass is 9.49. The first kappa shape index (κ1) is 12.5. The summed E-state index contributed by atoms with van der Waals surface area (Å²) in [6, 6.07) is 0. The zero-order valence-electron chi connectivity index (χ0n) is 12.4. The first-order chi connectivity index (χ1) is 9.61. The predicted molar refractivity (Wildman–Crippen MR) is 81.4 cm³/mol. The summed E-state index contributed by atoms with van der Waals surface area (Å²) in [7, 11) is 0. The Hall–Kier alpha value is -1.25. The minimum Gasteiger partial charge on any atom is -0.384 e. The standard InChI is InChI=1S/C17H25N3/c1-3-4-20-15(18)11(2)19-16(20)17-8-12-5-13(9-17)7-14(6-12)10-17/h3,12-14H,1,4-10,18H2,2H3. The van der Waals surface area contributed by atoms with Crippen LogP contribution in [-0.4, -0.2) is 9.55 Å². The minimum absolute atomic E-state index is 0.320. The van der Waals surface area contributed by atoms with Crippen molar-refractivity contribution in [3.63, 3.8) is 0 Å². The maximum atomic E-state index is 6.26. The molecule has 0 unspecified atom stereocenters. The molecule has 5 rings (SSSR count). The molecular formula is C17H25N3. The van der Waals surface area contributed by atoms with Gasteiger partial charge in [0.2, 0.25) is 0 Å². The molecule has 108 valence electrons. The molecule has 0 radical (unpaired) electrons. The Kier molecular flexibility index (Phi) is 2.57. The van der Waals surface area contributed by atoms with Gasteiger partial charge in [0, 0.05) is 12.0 Å². The zero-order valence-corrected chi connectivity index (χ0v) is 12.4. The molecule has 0 spiro atoms. The summed E-state index contributed by atoms with van der Waals surface area (Å²) in [6.07, 6.45) is 10.4. The number of aromatic nitrogens is 2. The number of nitrogens with zero attached hydrogens (tertiary/aromatic N) is 2. The fraction of sp³-hybridized carbons (Fsp3) is 0.706. The van der Waals surface area contributed by atoms with Crippen molar-refractivity contribution < 1.29 is 0 Å². The highest BCUT2D eigenvalue weighted by molar-refractivity contribution is 5.40. The van der Waals surface area contributed by atoms with E-state index in [1.165, 1.54) is 44.3 Å². The Balaban J connectivity index is 1.80. The molecule has 4 aliphatic carbocycles. The lowest BCUT2D eigenvalue weighted by Crippen LogP contribution is -2.49. The molecule has 1 heterocycles. The molecule has 0 amide bonds. The number of aryl methyl sites for hydroxylation is 1. The Morgan fingerprint density at radius 1 is 1.25 bits per heavy atom. The molecule has 4 aliphatic rings. The van der Waals surface area contributed by atoms with Gasteiger partial charge >= 0.3 is 0 Å². The Morgan fingerprint density at radius 3 is 2.30 bits per heavy atom. The smallest absolute Gasteiger partial charge is 0.126 e. The summed E-state index contributed by atoms with van der Waals surface area (Å²) in [5, 5.41) is 0. The van der Waals surface area contributed by atoms with Gasteiger partial charge in [0.25, 0.3) is 0 Å². The Morgan fingerprint density at radius 2 is 1.80 bits per heavy atom. The number of nitrogen functional groups attached to an aromatic ring is 1. The fourth-order valence-electron chi connectivity index (χ4n) is 5.69. The largest absolute Gasteiger partial charge is 0.384 e. The molecule has 0 aromatic carbocycles.